The van der Waals surface area contributed by atoms with Crippen LogP contribution >= 0.6 is 0 Å². The van der Waals surface area contributed by atoms with Crippen molar-refractivity contribution in [2.45, 2.75) is 32.1 Å². The van der Waals surface area contributed by atoms with Crippen molar-refractivity contribution in [3.63, 3.8) is 0 Å². The number of nitrogens with zero attached hydrogens (tertiary/aromatic N) is 4. The van der Waals surface area contributed by atoms with Crippen molar-refractivity contribution in [3.8, 4) is 11.4 Å². The quantitative estimate of drug-likeness (QED) is 0.832. The molecule has 2 N–H and O–H groups in total. The first-order chi connectivity index (χ1) is 13.2. The van der Waals surface area contributed by atoms with E-state index in [1.165, 1.54) is 12.1 Å². The minimum Gasteiger partial charge on any atom is -0.340 e. The van der Waals surface area contributed by atoms with Gasteiger partial charge in [-0.15, -0.1) is 0 Å². The summed E-state index contributed by atoms with van der Waals surface area (Å²) in [5, 5.41) is 3.79. The Morgan fingerprint density at radius 3 is 2.64 bits per heavy atom. The molecular weight excluding hydrogens is 375 g/mol. The van der Waals surface area contributed by atoms with Gasteiger partial charge in [0.15, 0.2) is 0 Å². The second-order valence-corrected chi connectivity index (χ2v) is 6.93. The predicted molar refractivity (Wildman–Crippen MR) is 94.9 cm³/mol. The van der Waals surface area contributed by atoms with E-state index < -0.39 is 11.7 Å². The number of aromatic nitrogens is 2. The lowest BCUT2D eigenvalue weighted by Crippen LogP contribution is -2.49. The number of amides is 1. The molecule has 1 aromatic heterocycles. The molecule has 152 valence electrons. The van der Waals surface area contributed by atoms with Gasteiger partial charge in [0.2, 0.25) is 17.6 Å². The van der Waals surface area contributed by atoms with E-state index in [2.05, 4.69) is 15.0 Å². The fraction of sp³-hybridized carbons (Fsp3) is 0.500. The normalized spacial score (nSPS) is 17.0. The number of piperazine rings is 1. The second kappa shape index (κ2) is 8.27. The molecule has 1 aliphatic heterocycles. The molecule has 1 aliphatic rings. The molecule has 0 bridgehead atoms. The van der Waals surface area contributed by atoms with Crippen LogP contribution in [0.5, 0.6) is 0 Å². The third kappa shape index (κ3) is 5.08. The summed E-state index contributed by atoms with van der Waals surface area (Å²) < 4.78 is 43.7. The first kappa shape index (κ1) is 20.3. The minimum absolute atomic E-state index is 0.0410. The lowest BCUT2D eigenvalue weighted by Gasteiger charge is -2.34. The van der Waals surface area contributed by atoms with Gasteiger partial charge in [-0.05, 0) is 19.1 Å². The van der Waals surface area contributed by atoms with Crippen LogP contribution in [0, 0.1) is 0 Å². The van der Waals surface area contributed by atoms with Crippen molar-refractivity contribution in [2.75, 3.05) is 26.2 Å². The van der Waals surface area contributed by atoms with Gasteiger partial charge >= 0.3 is 6.18 Å². The second-order valence-electron chi connectivity index (χ2n) is 6.93. The molecule has 1 fully saturated rings. The van der Waals surface area contributed by atoms with E-state index in [9.17, 15) is 18.0 Å². The van der Waals surface area contributed by atoms with Gasteiger partial charge in [0.1, 0.15) is 0 Å². The fourth-order valence-corrected chi connectivity index (χ4v) is 3.02. The predicted octanol–water partition coefficient (Wildman–Crippen LogP) is 2.14. The zero-order valence-corrected chi connectivity index (χ0v) is 15.4. The average molecular weight is 397 g/mol. The molecule has 1 saturated heterocycles. The standard InChI is InChI=1S/C18H22F3N5O2/c1-12(22)9-16(27)26-7-5-25(6-8-26)11-15-23-17(24-28-15)13-3-2-4-14(10-13)18(19,20)21/h2-4,10,12H,5-9,11,22H2,1H3. The summed E-state index contributed by atoms with van der Waals surface area (Å²) >= 11 is 0. The van der Waals surface area contributed by atoms with E-state index in [0.29, 0.717) is 45.0 Å². The zero-order valence-electron chi connectivity index (χ0n) is 15.4. The number of hydrogen-bond donors (Lipinski definition) is 1. The number of carbonyl (C=O) groups excluding carboxylic acids is 1. The Hall–Kier alpha value is -2.46. The molecule has 1 atom stereocenters. The zero-order chi connectivity index (χ0) is 20.3. The Kier molecular flexibility index (Phi) is 5.99. The molecule has 10 heteroatoms. The topological polar surface area (TPSA) is 88.5 Å². The van der Waals surface area contributed by atoms with Crippen LogP contribution in [-0.4, -0.2) is 58.1 Å². The van der Waals surface area contributed by atoms with E-state index in [4.69, 9.17) is 10.3 Å². The maximum absolute atomic E-state index is 12.9. The summed E-state index contributed by atoms with van der Waals surface area (Å²) in [6.45, 7) is 4.63. The highest BCUT2D eigenvalue weighted by Crippen LogP contribution is 2.31. The average Bonchev–Trinajstić information content (AvgIpc) is 3.10. The third-order valence-corrected chi connectivity index (χ3v) is 4.50. The Morgan fingerprint density at radius 2 is 2.00 bits per heavy atom. The number of rotatable bonds is 5. The molecule has 1 amide bonds. The Morgan fingerprint density at radius 1 is 1.29 bits per heavy atom. The third-order valence-electron chi connectivity index (χ3n) is 4.50. The Balaban J connectivity index is 1.58. The number of hydrogen-bond acceptors (Lipinski definition) is 6. The highest BCUT2D eigenvalue weighted by Gasteiger charge is 2.31. The first-order valence-corrected chi connectivity index (χ1v) is 8.98. The lowest BCUT2D eigenvalue weighted by atomic mass is 10.1. The van der Waals surface area contributed by atoms with Gasteiger partial charge in [-0.1, -0.05) is 17.3 Å². The van der Waals surface area contributed by atoms with E-state index in [1.807, 2.05) is 0 Å². The van der Waals surface area contributed by atoms with Crippen LogP contribution in [0.4, 0.5) is 13.2 Å². The van der Waals surface area contributed by atoms with Crippen LogP contribution in [0.3, 0.4) is 0 Å². The Labute approximate surface area is 160 Å². The molecule has 2 heterocycles. The summed E-state index contributed by atoms with van der Waals surface area (Å²) in [7, 11) is 0. The van der Waals surface area contributed by atoms with E-state index in [1.54, 1.807) is 11.8 Å². The molecule has 0 saturated carbocycles. The summed E-state index contributed by atoms with van der Waals surface area (Å²) in [5.41, 5.74) is 5.15. The highest BCUT2D eigenvalue weighted by atomic mass is 19.4. The van der Waals surface area contributed by atoms with Gasteiger partial charge in [0.25, 0.3) is 0 Å². The number of halogens is 3. The van der Waals surface area contributed by atoms with Gasteiger partial charge in [-0.25, -0.2) is 0 Å². The van der Waals surface area contributed by atoms with Crippen molar-refractivity contribution in [1.29, 1.82) is 0 Å². The molecule has 7 nitrogen and oxygen atoms in total. The number of nitrogens with two attached hydrogens (primary N) is 1. The van der Waals surface area contributed by atoms with Gasteiger partial charge in [0, 0.05) is 44.2 Å². The van der Waals surface area contributed by atoms with Crippen molar-refractivity contribution < 1.29 is 22.5 Å². The van der Waals surface area contributed by atoms with Crippen LogP contribution in [0.15, 0.2) is 28.8 Å². The minimum atomic E-state index is -4.43. The van der Waals surface area contributed by atoms with Crippen LogP contribution in [0.25, 0.3) is 11.4 Å². The smallest absolute Gasteiger partial charge is 0.340 e. The van der Waals surface area contributed by atoms with Crippen LogP contribution in [0.1, 0.15) is 24.8 Å². The molecular formula is C18H22F3N5O2. The van der Waals surface area contributed by atoms with Crippen LogP contribution in [0.2, 0.25) is 0 Å². The monoisotopic (exact) mass is 397 g/mol. The Bertz CT molecular complexity index is 814. The maximum atomic E-state index is 12.9. The molecule has 2 aromatic rings. The largest absolute Gasteiger partial charge is 0.416 e. The van der Waals surface area contributed by atoms with E-state index in [-0.39, 0.29) is 23.3 Å². The van der Waals surface area contributed by atoms with Crippen molar-refractivity contribution in [2.24, 2.45) is 5.73 Å². The fourth-order valence-electron chi connectivity index (χ4n) is 3.02. The maximum Gasteiger partial charge on any atom is 0.416 e. The molecule has 0 aliphatic carbocycles. The van der Waals surface area contributed by atoms with E-state index in [0.717, 1.165) is 12.1 Å². The summed E-state index contributed by atoms with van der Waals surface area (Å²) in [6.07, 6.45) is -4.11. The SMILES string of the molecule is CC(N)CC(=O)N1CCN(Cc2nc(-c3cccc(C(F)(F)F)c3)no2)CC1. The van der Waals surface area contributed by atoms with Crippen molar-refractivity contribution in [3.05, 3.63) is 35.7 Å². The summed E-state index contributed by atoms with van der Waals surface area (Å²) in [4.78, 5) is 20.1. The van der Waals surface area contributed by atoms with Gasteiger partial charge in [-0.3, -0.25) is 9.69 Å². The van der Waals surface area contributed by atoms with Crippen molar-refractivity contribution in [1.82, 2.24) is 19.9 Å². The highest BCUT2D eigenvalue weighted by molar-refractivity contribution is 5.76. The molecule has 1 unspecified atom stereocenters. The van der Waals surface area contributed by atoms with Gasteiger partial charge in [-0.2, -0.15) is 18.2 Å². The molecule has 0 spiro atoms. The van der Waals surface area contributed by atoms with Crippen molar-refractivity contribution >= 4 is 5.91 Å². The lowest BCUT2D eigenvalue weighted by molar-refractivity contribution is -0.137. The summed E-state index contributed by atoms with van der Waals surface area (Å²) in [6, 6.07) is 4.64. The molecule has 3 rings (SSSR count). The molecule has 1 aromatic carbocycles. The number of benzene rings is 1. The molecule has 28 heavy (non-hydrogen) atoms. The number of alkyl halides is 3. The first-order valence-electron chi connectivity index (χ1n) is 8.98. The molecule has 0 radical (unpaired) electrons. The number of carbonyl (C=O) groups is 1. The van der Waals surface area contributed by atoms with Gasteiger partial charge in [0.05, 0.1) is 12.1 Å². The van der Waals surface area contributed by atoms with Crippen LogP contribution in [-0.2, 0) is 17.5 Å². The van der Waals surface area contributed by atoms with E-state index >= 15 is 0 Å². The van der Waals surface area contributed by atoms with Crippen LogP contribution < -0.4 is 5.73 Å². The van der Waals surface area contributed by atoms with Gasteiger partial charge < -0.3 is 15.2 Å². The summed E-state index contributed by atoms with van der Waals surface area (Å²) in [5.74, 6) is 0.480.